The van der Waals surface area contributed by atoms with E-state index in [1.165, 1.54) is 0 Å². The van der Waals surface area contributed by atoms with Gasteiger partial charge in [0, 0.05) is 32.7 Å². The minimum Gasteiger partial charge on any atom is -0.317 e. The lowest BCUT2D eigenvalue weighted by atomic mass is 10.2. The summed E-state index contributed by atoms with van der Waals surface area (Å²) in [5, 5.41) is 3.22. The highest BCUT2D eigenvalue weighted by atomic mass is 32.2. The summed E-state index contributed by atoms with van der Waals surface area (Å²) in [6, 6.07) is 0. The van der Waals surface area contributed by atoms with Crippen molar-refractivity contribution >= 4 is 10.0 Å². The van der Waals surface area contributed by atoms with E-state index in [2.05, 4.69) is 31.0 Å². The van der Waals surface area contributed by atoms with Crippen molar-refractivity contribution in [3.63, 3.8) is 0 Å². The summed E-state index contributed by atoms with van der Waals surface area (Å²) in [5.41, 5.74) is 0. The van der Waals surface area contributed by atoms with Crippen LogP contribution in [0.5, 0.6) is 0 Å². The molecule has 0 bridgehead atoms. The molecule has 1 saturated heterocycles. The number of unbranched alkanes of at least 4 members (excludes halogenated alkanes) is 1. The summed E-state index contributed by atoms with van der Waals surface area (Å²) in [7, 11) is -3.04. The van der Waals surface area contributed by atoms with Gasteiger partial charge in [-0.05, 0) is 31.8 Å². The molecule has 0 aromatic carbocycles. The van der Waals surface area contributed by atoms with Crippen LogP contribution in [0.1, 0.15) is 33.6 Å². The maximum Gasteiger partial charge on any atom is 0.214 e. The molecule has 1 fully saturated rings. The Bertz CT molecular complexity index is 349. The molecule has 0 saturated carbocycles. The summed E-state index contributed by atoms with van der Waals surface area (Å²) in [6.45, 7) is 12.4. The number of piperazine rings is 1. The average molecular weight is 305 g/mol. The maximum absolute atomic E-state index is 12.2. The Morgan fingerprint density at radius 2 is 1.75 bits per heavy atom. The van der Waals surface area contributed by atoms with Gasteiger partial charge in [0.2, 0.25) is 10.0 Å². The summed E-state index contributed by atoms with van der Waals surface area (Å²) < 4.78 is 26.1. The molecule has 1 aliphatic heterocycles. The van der Waals surface area contributed by atoms with Crippen LogP contribution in [0.3, 0.4) is 0 Å². The van der Waals surface area contributed by atoms with Crippen molar-refractivity contribution in [2.45, 2.75) is 33.6 Å². The van der Waals surface area contributed by atoms with Crippen molar-refractivity contribution in [1.29, 1.82) is 0 Å². The van der Waals surface area contributed by atoms with E-state index in [9.17, 15) is 8.42 Å². The lowest BCUT2D eigenvalue weighted by Crippen LogP contribution is -2.49. The molecular formula is C14H31N3O2S. The second kappa shape index (κ2) is 8.97. The van der Waals surface area contributed by atoms with Crippen LogP contribution in [0, 0.1) is 5.92 Å². The number of hydrogen-bond acceptors (Lipinski definition) is 4. The van der Waals surface area contributed by atoms with Crippen LogP contribution >= 0.6 is 0 Å². The Balaban J connectivity index is 2.28. The molecule has 1 aliphatic rings. The number of nitrogens with zero attached hydrogens (tertiary/aromatic N) is 2. The van der Waals surface area contributed by atoms with Gasteiger partial charge < -0.3 is 10.2 Å². The Hall–Kier alpha value is -0.170. The van der Waals surface area contributed by atoms with Gasteiger partial charge in [0.25, 0.3) is 0 Å². The van der Waals surface area contributed by atoms with Gasteiger partial charge in [-0.3, -0.25) is 0 Å². The predicted octanol–water partition coefficient (Wildman–Crippen LogP) is 0.980. The predicted molar refractivity (Wildman–Crippen MR) is 84.4 cm³/mol. The van der Waals surface area contributed by atoms with Crippen LogP contribution in [0.25, 0.3) is 0 Å². The van der Waals surface area contributed by atoms with Crippen molar-refractivity contribution in [2.75, 3.05) is 51.6 Å². The van der Waals surface area contributed by atoms with Crippen molar-refractivity contribution < 1.29 is 8.42 Å². The minimum atomic E-state index is -3.04. The lowest BCUT2D eigenvalue weighted by molar-refractivity contribution is 0.172. The molecule has 0 aromatic heterocycles. The zero-order chi connectivity index (χ0) is 15.0. The number of sulfonamides is 1. The normalized spacial score (nSPS) is 18.8. The van der Waals surface area contributed by atoms with E-state index in [1.807, 2.05) is 0 Å². The van der Waals surface area contributed by atoms with Gasteiger partial charge in [0.1, 0.15) is 0 Å². The summed E-state index contributed by atoms with van der Waals surface area (Å²) in [5.74, 6) is 0.937. The molecule has 0 radical (unpaired) electrons. The third-order valence-electron chi connectivity index (χ3n) is 3.60. The molecule has 120 valence electrons. The zero-order valence-corrected chi connectivity index (χ0v) is 14.1. The summed E-state index contributed by atoms with van der Waals surface area (Å²) >= 11 is 0. The van der Waals surface area contributed by atoms with Crippen LogP contribution in [0.4, 0.5) is 0 Å². The number of nitrogens with one attached hydrogen (secondary N) is 1. The minimum absolute atomic E-state index is 0.294. The molecule has 0 spiro atoms. The Kier molecular flexibility index (Phi) is 8.02. The standard InChI is InChI=1S/C14H31N3O2S/c1-4-15-7-5-6-12-20(18,19)17-10-8-16(9-11-17)13-14(2)3/h14-15H,4-13H2,1-3H3. The monoisotopic (exact) mass is 305 g/mol. The maximum atomic E-state index is 12.2. The highest BCUT2D eigenvalue weighted by Gasteiger charge is 2.26. The van der Waals surface area contributed by atoms with Gasteiger partial charge in [-0.1, -0.05) is 20.8 Å². The Morgan fingerprint density at radius 3 is 2.30 bits per heavy atom. The van der Waals surface area contributed by atoms with Crippen LogP contribution in [0.15, 0.2) is 0 Å². The SMILES string of the molecule is CCNCCCCS(=O)(=O)N1CCN(CC(C)C)CC1. The number of hydrogen-bond donors (Lipinski definition) is 1. The summed E-state index contributed by atoms with van der Waals surface area (Å²) in [6.07, 6.45) is 1.68. The van der Waals surface area contributed by atoms with Crippen molar-refractivity contribution in [3.05, 3.63) is 0 Å². The molecule has 6 heteroatoms. The van der Waals surface area contributed by atoms with Crippen molar-refractivity contribution in [1.82, 2.24) is 14.5 Å². The van der Waals surface area contributed by atoms with Gasteiger partial charge in [-0.25, -0.2) is 8.42 Å². The molecule has 1 rings (SSSR count). The first-order chi connectivity index (χ1) is 9.45. The molecular weight excluding hydrogens is 274 g/mol. The fourth-order valence-corrected chi connectivity index (χ4v) is 4.09. The van der Waals surface area contributed by atoms with Crippen molar-refractivity contribution in [3.8, 4) is 0 Å². The van der Waals surface area contributed by atoms with E-state index in [4.69, 9.17) is 0 Å². The van der Waals surface area contributed by atoms with Gasteiger partial charge >= 0.3 is 0 Å². The third-order valence-corrected chi connectivity index (χ3v) is 5.56. The van der Waals surface area contributed by atoms with E-state index in [-0.39, 0.29) is 0 Å². The fourth-order valence-electron chi connectivity index (χ4n) is 2.55. The molecule has 0 atom stereocenters. The first kappa shape index (κ1) is 17.9. The lowest BCUT2D eigenvalue weighted by Gasteiger charge is -2.34. The van der Waals surface area contributed by atoms with Gasteiger partial charge in [-0.2, -0.15) is 4.31 Å². The second-order valence-electron chi connectivity index (χ2n) is 5.97. The first-order valence-electron chi connectivity index (χ1n) is 7.86. The van der Waals surface area contributed by atoms with E-state index in [0.717, 1.165) is 45.6 Å². The highest BCUT2D eigenvalue weighted by Crippen LogP contribution is 2.11. The molecule has 0 amide bonds. The quantitative estimate of drug-likeness (QED) is 0.645. The van der Waals surface area contributed by atoms with E-state index < -0.39 is 10.0 Å². The Morgan fingerprint density at radius 1 is 1.10 bits per heavy atom. The molecule has 1 heterocycles. The van der Waals surface area contributed by atoms with Crippen LogP contribution < -0.4 is 5.32 Å². The third kappa shape index (κ3) is 6.52. The molecule has 20 heavy (non-hydrogen) atoms. The highest BCUT2D eigenvalue weighted by molar-refractivity contribution is 7.89. The summed E-state index contributed by atoms with van der Waals surface area (Å²) in [4.78, 5) is 2.36. The van der Waals surface area contributed by atoms with Crippen molar-refractivity contribution in [2.24, 2.45) is 5.92 Å². The largest absolute Gasteiger partial charge is 0.317 e. The first-order valence-corrected chi connectivity index (χ1v) is 9.47. The van der Waals surface area contributed by atoms with E-state index in [1.54, 1.807) is 4.31 Å². The molecule has 0 aliphatic carbocycles. The molecule has 0 unspecified atom stereocenters. The van der Waals surface area contributed by atoms with Gasteiger partial charge in [0.15, 0.2) is 0 Å². The second-order valence-corrected chi connectivity index (χ2v) is 8.06. The molecule has 0 aromatic rings. The average Bonchev–Trinajstić information content (AvgIpc) is 2.38. The van der Waals surface area contributed by atoms with Gasteiger partial charge in [0.05, 0.1) is 5.75 Å². The van der Waals surface area contributed by atoms with E-state index in [0.29, 0.717) is 24.8 Å². The van der Waals surface area contributed by atoms with E-state index >= 15 is 0 Å². The Labute approximate surface area is 124 Å². The smallest absolute Gasteiger partial charge is 0.214 e. The molecule has 5 nitrogen and oxygen atoms in total. The molecule has 1 N–H and O–H groups in total. The van der Waals surface area contributed by atoms with Crippen LogP contribution in [0.2, 0.25) is 0 Å². The van der Waals surface area contributed by atoms with Crippen LogP contribution in [-0.4, -0.2) is 69.2 Å². The fraction of sp³-hybridized carbons (Fsp3) is 1.00. The number of rotatable bonds is 9. The van der Waals surface area contributed by atoms with Gasteiger partial charge in [-0.15, -0.1) is 0 Å². The van der Waals surface area contributed by atoms with Crippen LogP contribution in [-0.2, 0) is 10.0 Å². The topological polar surface area (TPSA) is 52.7 Å². The zero-order valence-electron chi connectivity index (χ0n) is 13.3.